The first-order chi connectivity index (χ1) is 9.29. The van der Waals surface area contributed by atoms with Crippen LogP contribution >= 0.6 is 0 Å². The van der Waals surface area contributed by atoms with Crippen LogP contribution in [0.15, 0.2) is 12.4 Å². The van der Waals surface area contributed by atoms with Gasteiger partial charge in [0.2, 0.25) is 0 Å². The number of ether oxygens (including phenoxy) is 1. The molecule has 0 amide bonds. The molecule has 19 heavy (non-hydrogen) atoms. The van der Waals surface area contributed by atoms with E-state index in [-0.39, 0.29) is 12.5 Å². The third-order valence-corrected chi connectivity index (χ3v) is 3.22. The third kappa shape index (κ3) is 4.08. The minimum Gasteiger partial charge on any atom is -0.468 e. The highest BCUT2D eigenvalue weighted by molar-refractivity contribution is 5.74. The first-order valence-corrected chi connectivity index (χ1v) is 6.67. The third-order valence-electron chi connectivity index (χ3n) is 3.22. The Morgan fingerprint density at radius 2 is 2.05 bits per heavy atom. The van der Waals surface area contributed by atoms with Gasteiger partial charge < -0.3 is 15.0 Å². The number of carbonyl (C=O) groups excluding carboxylic acids is 1. The van der Waals surface area contributed by atoms with Gasteiger partial charge in [0.05, 0.1) is 7.11 Å². The summed E-state index contributed by atoms with van der Waals surface area (Å²) in [6.45, 7) is 2.19. The summed E-state index contributed by atoms with van der Waals surface area (Å²) in [5.74, 6) is 1.26. The maximum absolute atomic E-state index is 11.1. The van der Waals surface area contributed by atoms with Crippen molar-refractivity contribution >= 4 is 17.6 Å². The van der Waals surface area contributed by atoms with Gasteiger partial charge in [0, 0.05) is 19.2 Å². The van der Waals surface area contributed by atoms with Gasteiger partial charge >= 0.3 is 5.97 Å². The van der Waals surface area contributed by atoms with E-state index in [0.717, 1.165) is 18.9 Å². The van der Waals surface area contributed by atoms with Gasteiger partial charge in [0.1, 0.15) is 24.5 Å². The highest BCUT2D eigenvalue weighted by Crippen LogP contribution is 2.18. The van der Waals surface area contributed by atoms with E-state index in [9.17, 15) is 4.79 Å². The van der Waals surface area contributed by atoms with Crippen molar-refractivity contribution in [3.63, 3.8) is 0 Å². The van der Waals surface area contributed by atoms with Crippen molar-refractivity contribution in [3.8, 4) is 0 Å². The average Bonchev–Trinajstić information content (AvgIpc) is 2.74. The molecule has 0 radical (unpaired) electrons. The molecular formula is C13H20N4O2. The van der Waals surface area contributed by atoms with Crippen molar-refractivity contribution in [3.05, 3.63) is 12.4 Å². The molecule has 2 heterocycles. The van der Waals surface area contributed by atoms with Crippen LogP contribution in [0.25, 0.3) is 0 Å². The maximum atomic E-state index is 11.1. The molecule has 0 unspecified atom stereocenters. The quantitative estimate of drug-likeness (QED) is 0.830. The number of aromatic nitrogens is 2. The van der Waals surface area contributed by atoms with Crippen LogP contribution < -0.4 is 10.2 Å². The van der Waals surface area contributed by atoms with Crippen LogP contribution in [0.4, 0.5) is 11.6 Å². The average molecular weight is 264 g/mol. The summed E-state index contributed by atoms with van der Waals surface area (Å²) in [6, 6.07) is 1.88. The van der Waals surface area contributed by atoms with E-state index < -0.39 is 0 Å². The van der Waals surface area contributed by atoms with Crippen LogP contribution in [0.5, 0.6) is 0 Å². The SMILES string of the molecule is COC(=O)CNc1cc(N2CCCCCC2)ncn1. The van der Waals surface area contributed by atoms with Crippen LogP contribution in [0, 0.1) is 0 Å². The Morgan fingerprint density at radius 3 is 2.74 bits per heavy atom. The van der Waals surface area contributed by atoms with Gasteiger partial charge in [0.25, 0.3) is 0 Å². The van der Waals surface area contributed by atoms with Gasteiger partial charge in [-0.3, -0.25) is 4.79 Å². The summed E-state index contributed by atoms with van der Waals surface area (Å²) >= 11 is 0. The van der Waals surface area contributed by atoms with Gasteiger partial charge in [-0.25, -0.2) is 9.97 Å². The van der Waals surface area contributed by atoms with Crippen molar-refractivity contribution < 1.29 is 9.53 Å². The molecule has 1 N–H and O–H groups in total. The molecule has 0 aromatic carbocycles. The molecule has 6 nitrogen and oxygen atoms in total. The fourth-order valence-electron chi connectivity index (χ4n) is 2.15. The Hall–Kier alpha value is -1.85. The minimum absolute atomic E-state index is 0.118. The van der Waals surface area contributed by atoms with Crippen molar-refractivity contribution in [1.29, 1.82) is 0 Å². The van der Waals surface area contributed by atoms with E-state index in [1.54, 1.807) is 0 Å². The number of hydrogen-bond donors (Lipinski definition) is 1. The number of esters is 1. The monoisotopic (exact) mass is 264 g/mol. The molecule has 104 valence electrons. The highest BCUT2D eigenvalue weighted by atomic mass is 16.5. The first kappa shape index (κ1) is 13.6. The Morgan fingerprint density at radius 1 is 1.32 bits per heavy atom. The predicted molar refractivity (Wildman–Crippen MR) is 73.2 cm³/mol. The summed E-state index contributed by atoms with van der Waals surface area (Å²) in [5, 5.41) is 2.94. The lowest BCUT2D eigenvalue weighted by Gasteiger charge is -2.21. The van der Waals surface area contributed by atoms with Crippen molar-refractivity contribution in [2.24, 2.45) is 0 Å². The number of nitrogens with one attached hydrogen (secondary N) is 1. The number of nitrogens with zero attached hydrogens (tertiary/aromatic N) is 3. The van der Waals surface area contributed by atoms with Gasteiger partial charge in [0.15, 0.2) is 0 Å². The predicted octanol–water partition coefficient (Wildman–Crippen LogP) is 1.44. The van der Waals surface area contributed by atoms with E-state index >= 15 is 0 Å². The van der Waals surface area contributed by atoms with Gasteiger partial charge in [-0.15, -0.1) is 0 Å². The number of anilines is 2. The molecule has 6 heteroatoms. The highest BCUT2D eigenvalue weighted by Gasteiger charge is 2.12. The molecule has 0 bridgehead atoms. The molecule has 1 aromatic rings. The number of methoxy groups -OCH3 is 1. The largest absolute Gasteiger partial charge is 0.468 e. The number of carbonyl (C=O) groups is 1. The van der Waals surface area contributed by atoms with E-state index in [1.807, 2.05) is 6.07 Å². The van der Waals surface area contributed by atoms with Crippen LogP contribution in [-0.2, 0) is 9.53 Å². The Labute approximate surface area is 113 Å². The van der Waals surface area contributed by atoms with E-state index in [0.29, 0.717) is 5.82 Å². The molecule has 0 atom stereocenters. The fraction of sp³-hybridized carbons (Fsp3) is 0.615. The van der Waals surface area contributed by atoms with Crippen molar-refractivity contribution in [2.45, 2.75) is 25.7 Å². The smallest absolute Gasteiger partial charge is 0.325 e. The minimum atomic E-state index is -0.310. The summed E-state index contributed by atoms with van der Waals surface area (Å²) in [5.41, 5.74) is 0. The zero-order chi connectivity index (χ0) is 13.5. The standard InChI is InChI=1S/C13H20N4O2/c1-19-13(18)9-14-11-8-12(16-10-15-11)17-6-4-2-3-5-7-17/h8,10H,2-7,9H2,1H3,(H,14,15,16). The lowest BCUT2D eigenvalue weighted by atomic mass is 10.2. The Kier molecular flexibility index (Phi) is 4.94. The first-order valence-electron chi connectivity index (χ1n) is 6.67. The number of hydrogen-bond acceptors (Lipinski definition) is 6. The van der Waals surface area contributed by atoms with Crippen molar-refractivity contribution in [2.75, 3.05) is 37.0 Å². The molecule has 0 spiro atoms. The van der Waals surface area contributed by atoms with Crippen LogP contribution in [-0.4, -0.2) is 42.7 Å². The van der Waals surface area contributed by atoms with E-state index in [4.69, 9.17) is 0 Å². The number of rotatable bonds is 4. The summed E-state index contributed by atoms with van der Waals surface area (Å²) in [7, 11) is 1.37. The second-order valence-corrected chi connectivity index (χ2v) is 4.59. The van der Waals surface area contributed by atoms with Crippen LogP contribution in [0.3, 0.4) is 0 Å². The summed E-state index contributed by atoms with van der Waals surface area (Å²) < 4.78 is 4.58. The zero-order valence-electron chi connectivity index (χ0n) is 11.3. The zero-order valence-corrected chi connectivity index (χ0v) is 11.3. The molecule has 0 aliphatic carbocycles. The molecule has 0 saturated carbocycles. The maximum Gasteiger partial charge on any atom is 0.325 e. The molecule has 1 aliphatic rings. The summed E-state index contributed by atoms with van der Waals surface area (Å²) in [6.07, 6.45) is 6.51. The van der Waals surface area contributed by atoms with Gasteiger partial charge in [-0.05, 0) is 12.8 Å². The van der Waals surface area contributed by atoms with E-state index in [1.165, 1.54) is 39.1 Å². The van der Waals surface area contributed by atoms with Crippen LogP contribution in [0.1, 0.15) is 25.7 Å². The normalized spacial score (nSPS) is 15.7. The van der Waals surface area contributed by atoms with Crippen molar-refractivity contribution in [1.82, 2.24) is 9.97 Å². The molecule has 1 aliphatic heterocycles. The lowest BCUT2D eigenvalue weighted by Crippen LogP contribution is -2.25. The molecule has 1 saturated heterocycles. The molecule has 1 fully saturated rings. The topological polar surface area (TPSA) is 67.3 Å². The second-order valence-electron chi connectivity index (χ2n) is 4.59. The Bertz CT molecular complexity index is 417. The van der Waals surface area contributed by atoms with Gasteiger partial charge in [-0.1, -0.05) is 12.8 Å². The molecule has 2 rings (SSSR count). The van der Waals surface area contributed by atoms with Crippen LogP contribution in [0.2, 0.25) is 0 Å². The Balaban J connectivity index is 1.99. The fourth-order valence-corrected chi connectivity index (χ4v) is 2.15. The summed E-state index contributed by atoms with van der Waals surface area (Å²) in [4.78, 5) is 21.8. The molecular weight excluding hydrogens is 244 g/mol. The second kappa shape index (κ2) is 6.92. The molecule has 1 aromatic heterocycles. The lowest BCUT2D eigenvalue weighted by molar-refractivity contribution is -0.138. The van der Waals surface area contributed by atoms with E-state index in [2.05, 4.69) is 24.9 Å². The van der Waals surface area contributed by atoms with Gasteiger partial charge in [-0.2, -0.15) is 0 Å².